The van der Waals surface area contributed by atoms with Crippen LogP contribution in [0.2, 0.25) is 0 Å². The number of nitrogens with one attached hydrogen (secondary N) is 2. The largest absolute Gasteiger partial charge is 0.352 e. The smallest absolute Gasteiger partial charge is 0.192 e. The molecule has 1 aromatic rings. The summed E-state index contributed by atoms with van der Waals surface area (Å²) >= 11 is 0. The van der Waals surface area contributed by atoms with E-state index < -0.39 is 0 Å². The molecule has 2 atom stereocenters. The Morgan fingerprint density at radius 1 is 1.41 bits per heavy atom. The van der Waals surface area contributed by atoms with E-state index in [1.54, 1.807) is 7.05 Å². The number of aliphatic imine (C=N–C) groups is 1. The molecular weight excluding hydrogens is 387 g/mol. The van der Waals surface area contributed by atoms with Crippen LogP contribution in [-0.4, -0.2) is 43.1 Å². The molecule has 0 spiro atoms. The van der Waals surface area contributed by atoms with Crippen LogP contribution < -0.4 is 10.6 Å². The van der Waals surface area contributed by atoms with E-state index in [2.05, 4.69) is 63.7 Å². The highest BCUT2D eigenvalue weighted by molar-refractivity contribution is 14.0. The summed E-state index contributed by atoms with van der Waals surface area (Å²) in [5.74, 6) is 3.35. The molecule has 5 heteroatoms. The van der Waals surface area contributed by atoms with Crippen LogP contribution in [-0.2, 0) is 6.54 Å². The molecular formula is C17H25IN4. The summed E-state index contributed by atoms with van der Waals surface area (Å²) in [6.07, 6.45) is 6.38. The summed E-state index contributed by atoms with van der Waals surface area (Å²) in [5, 5.41) is 6.56. The molecule has 1 aliphatic rings. The Morgan fingerprint density at radius 2 is 2.14 bits per heavy atom. The van der Waals surface area contributed by atoms with Crippen molar-refractivity contribution in [1.82, 2.24) is 15.5 Å². The average molecular weight is 412 g/mol. The van der Waals surface area contributed by atoms with Gasteiger partial charge in [-0.2, -0.15) is 0 Å². The van der Waals surface area contributed by atoms with Gasteiger partial charge in [0.15, 0.2) is 5.96 Å². The van der Waals surface area contributed by atoms with Crippen molar-refractivity contribution >= 4 is 29.9 Å². The molecule has 4 nitrogen and oxygen atoms in total. The lowest BCUT2D eigenvalue weighted by molar-refractivity contribution is 0.258. The molecule has 0 aromatic heterocycles. The number of halogens is 1. The van der Waals surface area contributed by atoms with Crippen molar-refractivity contribution in [3.05, 3.63) is 35.9 Å². The molecule has 2 unspecified atom stereocenters. The van der Waals surface area contributed by atoms with Crippen LogP contribution in [0.4, 0.5) is 0 Å². The molecule has 1 saturated heterocycles. The van der Waals surface area contributed by atoms with Crippen molar-refractivity contribution < 1.29 is 0 Å². The normalized spacial score (nSPS) is 21.8. The summed E-state index contributed by atoms with van der Waals surface area (Å²) in [4.78, 5) is 6.70. The Morgan fingerprint density at radius 3 is 2.77 bits per heavy atom. The lowest BCUT2D eigenvalue weighted by Crippen LogP contribution is -2.44. The van der Waals surface area contributed by atoms with Crippen molar-refractivity contribution in [2.45, 2.75) is 32.0 Å². The van der Waals surface area contributed by atoms with Crippen LogP contribution in [0.25, 0.3) is 0 Å². The third-order valence-electron chi connectivity index (χ3n) is 3.85. The summed E-state index contributed by atoms with van der Waals surface area (Å²) in [6, 6.07) is 11.6. The number of benzene rings is 1. The van der Waals surface area contributed by atoms with Crippen molar-refractivity contribution in [3.63, 3.8) is 0 Å². The van der Waals surface area contributed by atoms with Gasteiger partial charge in [0.25, 0.3) is 0 Å². The lowest BCUT2D eigenvalue weighted by Gasteiger charge is -2.21. The van der Waals surface area contributed by atoms with Crippen LogP contribution in [0.5, 0.6) is 0 Å². The molecule has 2 N–H and O–H groups in total. The fourth-order valence-corrected chi connectivity index (χ4v) is 2.76. The first-order chi connectivity index (χ1) is 10.2. The first kappa shape index (κ1) is 18.8. The number of terminal acetylenes is 1. The van der Waals surface area contributed by atoms with E-state index >= 15 is 0 Å². The van der Waals surface area contributed by atoms with E-state index in [0.717, 1.165) is 25.5 Å². The minimum absolute atomic E-state index is 0. The monoisotopic (exact) mass is 412 g/mol. The Kier molecular flexibility index (Phi) is 8.28. The van der Waals surface area contributed by atoms with E-state index in [1.807, 2.05) is 0 Å². The number of rotatable bonds is 4. The quantitative estimate of drug-likeness (QED) is 0.344. The third kappa shape index (κ3) is 5.50. The van der Waals surface area contributed by atoms with E-state index in [-0.39, 0.29) is 24.0 Å². The molecule has 1 fully saturated rings. The van der Waals surface area contributed by atoms with Gasteiger partial charge in [-0.25, -0.2) is 0 Å². The molecule has 0 aliphatic carbocycles. The predicted molar refractivity (Wildman–Crippen MR) is 103 cm³/mol. The second-order valence-corrected chi connectivity index (χ2v) is 5.47. The third-order valence-corrected chi connectivity index (χ3v) is 3.85. The van der Waals surface area contributed by atoms with Gasteiger partial charge in [0.1, 0.15) is 0 Å². The van der Waals surface area contributed by atoms with Gasteiger partial charge in [-0.1, -0.05) is 36.3 Å². The second-order valence-electron chi connectivity index (χ2n) is 5.47. The summed E-state index contributed by atoms with van der Waals surface area (Å²) in [5.41, 5.74) is 1.36. The standard InChI is InChI=1S/C17H24N4.HI/c1-4-10-19-17(18-3)20-16-11-14(2)21(13-16)12-15-8-6-5-7-9-15;/h1,5-9,14,16H,10-13H2,2-3H3,(H2,18,19,20);1H. The molecule has 120 valence electrons. The zero-order valence-corrected chi connectivity index (χ0v) is 15.6. The fraction of sp³-hybridized carbons (Fsp3) is 0.471. The van der Waals surface area contributed by atoms with Gasteiger partial charge < -0.3 is 10.6 Å². The van der Waals surface area contributed by atoms with E-state index in [9.17, 15) is 0 Å². The first-order valence-electron chi connectivity index (χ1n) is 7.41. The van der Waals surface area contributed by atoms with Crippen LogP contribution >= 0.6 is 24.0 Å². The maximum Gasteiger partial charge on any atom is 0.192 e. The van der Waals surface area contributed by atoms with Crippen molar-refractivity contribution in [3.8, 4) is 12.3 Å². The van der Waals surface area contributed by atoms with Gasteiger partial charge in [0, 0.05) is 32.2 Å². The van der Waals surface area contributed by atoms with Crippen LogP contribution in [0, 0.1) is 12.3 Å². The van der Waals surface area contributed by atoms with E-state index in [1.165, 1.54) is 5.56 Å². The summed E-state index contributed by atoms with van der Waals surface area (Å²) in [7, 11) is 1.77. The highest BCUT2D eigenvalue weighted by Gasteiger charge is 2.29. The minimum Gasteiger partial charge on any atom is -0.352 e. The topological polar surface area (TPSA) is 39.7 Å². The van der Waals surface area contributed by atoms with Crippen molar-refractivity contribution in [1.29, 1.82) is 0 Å². The highest BCUT2D eigenvalue weighted by Crippen LogP contribution is 2.20. The Hall–Kier alpha value is -1.26. The molecule has 1 aromatic carbocycles. The molecule has 0 saturated carbocycles. The number of hydrogen-bond donors (Lipinski definition) is 2. The molecule has 0 bridgehead atoms. The molecule has 2 rings (SSSR count). The van der Waals surface area contributed by atoms with Gasteiger partial charge >= 0.3 is 0 Å². The van der Waals surface area contributed by atoms with Gasteiger partial charge in [-0.05, 0) is 18.9 Å². The average Bonchev–Trinajstić information content (AvgIpc) is 2.84. The number of guanidine groups is 1. The fourth-order valence-electron chi connectivity index (χ4n) is 2.76. The highest BCUT2D eigenvalue weighted by atomic mass is 127. The first-order valence-corrected chi connectivity index (χ1v) is 7.41. The number of likely N-dealkylation sites (tertiary alicyclic amines) is 1. The zero-order valence-electron chi connectivity index (χ0n) is 13.2. The predicted octanol–water partition coefficient (Wildman–Crippen LogP) is 2.07. The van der Waals surface area contributed by atoms with Crippen LogP contribution in [0.1, 0.15) is 18.9 Å². The van der Waals surface area contributed by atoms with Crippen LogP contribution in [0.15, 0.2) is 35.3 Å². The van der Waals surface area contributed by atoms with Crippen LogP contribution in [0.3, 0.4) is 0 Å². The molecule has 0 radical (unpaired) electrons. The van der Waals surface area contributed by atoms with E-state index in [4.69, 9.17) is 6.42 Å². The van der Waals surface area contributed by atoms with Gasteiger partial charge in [0.2, 0.25) is 0 Å². The maximum atomic E-state index is 5.27. The Bertz CT molecular complexity index is 509. The minimum atomic E-state index is 0. The van der Waals surface area contributed by atoms with Crippen molar-refractivity contribution in [2.24, 2.45) is 4.99 Å². The number of hydrogen-bond acceptors (Lipinski definition) is 2. The Labute approximate surface area is 150 Å². The maximum absolute atomic E-state index is 5.27. The number of nitrogens with zero attached hydrogens (tertiary/aromatic N) is 2. The molecule has 1 heterocycles. The van der Waals surface area contributed by atoms with Gasteiger partial charge in [-0.15, -0.1) is 30.4 Å². The summed E-state index contributed by atoms with van der Waals surface area (Å²) in [6.45, 7) is 4.79. The van der Waals surface area contributed by atoms with Crippen molar-refractivity contribution in [2.75, 3.05) is 20.1 Å². The van der Waals surface area contributed by atoms with E-state index in [0.29, 0.717) is 18.6 Å². The molecule has 22 heavy (non-hydrogen) atoms. The summed E-state index contributed by atoms with van der Waals surface area (Å²) < 4.78 is 0. The lowest BCUT2D eigenvalue weighted by atomic mass is 10.2. The Balaban J connectivity index is 0.00000242. The second kappa shape index (κ2) is 9.70. The molecule has 1 aliphatic heterocycles. The molecule has 0 amide bonds. The van der Waals surface area contributed by atoms with Gasteiger partial charge in [0.05, 0.1) is 6.54 Å². The van der Waals surface area contributed by atoms with Gasteiger partial charge in [-0.3, -0.25) is 9.89 Å². The zero-order chi connectivity index (χ0) is 15.1. The SMILES string of the molecule is C#CCNC(=NC)NC1CC(C)N(Cc2ccccc2)C1.I.